The fraction of sp³-hybridized carbons (Fsp3) is 0.682. The Hall–Kier alpha value is -7.70. The molecule has 0 unspecified atom stereocenters. The van der Waals surface area contributed by atoms with Crippen molar-refractivity contribution in [2.45, 2.75) is 154 Å². The average molecular weight is 1070 g/mol. The number of rotatable bonds is 38. The predicted molar refractivity (Wildman–Crippen MR) is 267 cm³/mol. The minimum absolute atomic E-state index is 0.00569. The van der Waals surface area contributed by atoms with Crippen LogP contribution in [0.3, 0.4) is 0 Å². The van der Waals surface area contributed by atoms with E-state index in [9.17, 15) is 72.5 Å². The van der Waals surface area contributed by atoms with Gasteiger partial charge in [0.25, 0.3) is 0 Å². The van der Waals surface area contributed by atoms with Crippen LogP contribution in [0.2, 0.25) is 0 Å². The standard InChI is InChI=1S/C44H78N16O15/c1-21(2)15-27(58-36(67)23(5)54-39(70)25(10-8-14-51-44(49)50)56-40(71)28(16-22(3)4)59-37(68)24(46)11-12-31(47)61)41(72)60-30(18-35(65)66)38(69)53-19-33(63)52-20-34(64)55-29(17-32(48)62)42(73)57-26(43(74)75)9-6-7-13-45/h21-30H,6-20,45-46H2,1-5H3,(H2,47,61)(H2,48,62)(H,52,63)(H,53,69)(H,54,70)(H,55,64)(H,56,71)(H,57,73)(H,58,67)(H,59,68)(H,60,72)(H,65,66)(H,74,75)(H4,49,50,51)/t23-,24-,25-,26-,27-,28-,29-,30-/m0/s1. The molecular weight excluding hydrogens is 993 g/mol. The second-order valence-electron chi connectivity index (χ2n) is 18.4. The number of hydrogen-bond acceptors (Lipinski definition) is 16. The van der Waals surface area contributed by atoms with Crippen LogP contribution in [0.15, 0.2) is 4.99 Å². The van der Waals surface area contributed by atoms with Gasteiger partial charge in [-0.2, -0.15) is 0 Å². The lowest BCUT2D eigenvalue weighted by atomic mass is 10.0. The van der Waals surface area contributed by atoms with E-state index in [4.69, 9.17) is 34.4 Å². The Morgan fingerprint density at radius 1 is 0.480 bits per heavy atom. The third-order valence-corrected chi connectivity index (χ3v) is 10.5. The molecule has 31 heteroatoms. The number of hydrogen-bond donors (Lipinski definition) is 17. The molecule has 0 rings (SSSR count). The highest BCUT2D eigenvalue weighted by Crippen LogP contribution is 2.10. The fourth-order valence-corrected chi connectivity index (χ4v) is 6.70. The summed E-state index contributed by atoms with van der Waals surface area (Å²) in [5, 5.41) is 40.0. The summed E-state index contributed by atoms with van der Waals surface area (Å²) in [6.07, 6.45) is -1.10. The number of carboxylic acid groups (broad SMARTS) is 2. The van der Waals surface area contributed by atoms with Crippen molar-refractivity contribution in [1.82, 2.24) is 47.9 Å². The van der Waals surface area contributed by atoms with E-state index in [1.165, 1.54) is 6.92 Å². The van der Waals surface area contributed by atoms with Crippen molar-refractivity contribution < 1.29 is 72.5 Å². The fourth-order valence-electron chi connectivity index (χ4n) is 6.70. The second-order valence-corrected chi connectivity index (χ2v) is 18.4. The zero-order valence-electron chi connectivity index (χ0n) is 43.0. The van der Waals surface area contributed by atoms with Gasteiger partial charge in [0.15, 0.2) is 5.96 Å². The van der Waals surface area contributed by atoms with Crippen LogP contribution < -0.4 is 82.3 Å². The number of amides is 11. The number of aliphatic imine (C=N–C) groups is 1. The Labute approximate surface area is 433 Å². The normalized spacial score (nSPS) is 14.1. The monoisotopic (exact) mass is 1070 g/mol. The maximum atomic E-state index is 13.7. The smallest absolute Gasteiger partial charge is 0.326 e. The van der Waals surface area contributed by atoms with Crippen LogP contribution in [0.25, 0.3) is 0 Å². The second kappa shape index (κ2) is 35.5. The van der Waals surface area contributed by atoms with Crippen molar-refractivity contribution in [2.75, 3.05) is 26.2 Å². The molecule has 0 saturated heterocycles. The van der Waals surface area contributed by atoms with E-state index in [2.05, 4.69) is 52.8 Å². The molecule has 0 aliphatic carbocycles. The molecule has 0 fully saturated rings. The van der Waals surface area contributed by atoms with E-state index in [-0.39, 0.29) is 75.8 Å². The Morgan fingerprint density at radius 2 is 0.960 bits per heavy atom. The molecule has 75 heavy (non-hydrogen) atoms. The van der Waals surface area contributed by atoms with E-state index < -0.39 is 151 Å². The van der Waals surface area contributed by atoms with Gasteiger partial charge in [-0.3, -0.25) is 62.5 Å². The molecule has 0 bridgehead atoms. The summed E-state index contributed by atoms with van der Waals surface area (Å²) in [5.41, 5.74) is 32.5. The van der Waals surface area contributed by atoms with E-state index in [1.807, 2.05) is 0 Å². The summed E-state index contributed by atoms with van der Waals surface area (Å²) in [6.45, 7) is 6.80. The minimum Gasteiger partial charge on any atom is -0.481 e. The molecule has 23 N–H and O–H groups in total. The first-order valence-electron chi connectivity index (χ1n) is 24.2. The summed E-state index contributed by atoms with van der Waals surface area (Å²) in [7, 11) is 0. The third kappa shape index (κ3) is 30.2. The number of carboxylic acids is 2. The van der Waals surface area contributed by atoms with Crippen LogP contribution in [-0.4, -0.2) is 168 Å². The van der Waals surface area contributed by atoms with Gasteiger partial charge < -0.3 is 92.5 Å². The summed E-state index contributed by atoms with van der Waals surface area (Å²) in [4.78, 5) is 169. The summed E-state index contributed by atoms with van der Waals surface area (Å²) in [5.74, 6) is -14.0. The number of guanidine groups is 1. The van der Waals surface area contributed by atoms with E-state index >= 15 is 0 Å². The molecule has 8 atom stereocenters. The van der Waals surface area contributed by atoms with Gasteiger partial charge in [0.1, 0.15) is 42.3 Å². The van der Waals surface area contributed by atoms with Gasteiger partial charge in [0.2, 0.25) is 65.0 Å². The third-order valence-electron chi connectivity index (χ3n) is 10.5. The number of unbranched alkanes of at least 4 members (excludes halogenated alkanes) is 1. The molecule has 0 spiro atoms. The first-order chi connectivity index (χ1) is 35.0. The highest BCUT2D eigenvalue weighted by Gasteiger charge is 2.34. The van der Waals surface area contributed by atoms with Gasteiger partial charge in [-0.1, -0.05) is 27.7 Å². The summed E-state index contributed by atoms with van der Waals surface area (Å²) >= 11 is 0. The Morgan fingerprint density at radius 3 is 1.47 bits per heavy atom. The lowest BCUT2D eigenvalue weighted by Crippen LogP contribution is -2.59. The lowest BCUT2D eigenvalue weighted by molar-refractivity contribution is -0.142. The van der Waals surface area contributed by atoms with E-state index in [0.29, 0.717) is 12.8 Å². The van der Waals surface area contributed by atoms with E-state index in [0.717, 1.165) is 0 Å². The molecule has 0 heterocycles. The molecule has 11 amide bonds. The highest BCUT2D eigenvalue weighted by molar-refractivity contribution is 5.98. The van der Waals surface area contributed by atoms with Crippen molar-refractivity contribution >= 4 is 82.9 Å². The maximum absolute atomic E-state index is 13.7. The zero-order valence-corrected chi connectivity index (χ0v) is 43.0. The van der Waals surface area contributed by atoms with Crippen molar-refractivity contribution in [1.29, 1.82) is 0 Å². The molecule has 0 aromatic rings. The van der Waals surface area contributed by atoms with Crippen molar-refractivity contribution in [3.8, 4) is 0 Å². The van der Waals surface area contributed by atoms with Crippen LogP contribution in [0, 0.1) is 11.8 Å². The molecular formula is C44H78N16O15. The predicted octanol–water partition coefficient (Wildman–Crippen LogP) is -7.07. The first-order valence-corrected chi connectivity index (χ1v) is 24.2. The van der Waals surface area contributed by atoms with Crippen molar-refractivity contribution in [2.24, 2.45) is 51.2 Å². The number of nitrogens with zero attached hydrogens (tertiary/aromatic N) is 1. The van der Waals surface area contributed by atoms with Gasteiger partial charge in [-0.05, 0) is 76.7 Å². The quantitative estimate of drug-likeness (QED) is 0.0155. The number of nitrogens with one attached hydrogen (secondary N) is 9. The highest BCUT2D eigenvalue weighted by atomic mass is 16.4. The van der Waals surface area contributed by atoms with Crippen molar-refractivity contribution in [3.05, 3.63) is 0 Å². The molecule has 424 valence electrons. The zero-order chi connectivity index (χ0) is 57.5. The Bertz CT molecular complexity index is 2030. The Balaban J connectivity index is 5.99. The first kappa shape index (κ1) is 67.3. The largest absolute Gasteiger partial charge is 0.481 e. The number of carbonyl (C=O) groups excluding carboxylic acids is 11. The lowest BCUT2D eigenvalue weighted by Gasteiger charge is -2.27. The number of aliphatic carboxylic acids is 2. The Kier molecular flexibility index (Phi) is 31.8. The molecule has 31 nitrogen and oxygen atoms in total. The summed E-state index contributed by atoms with van der Waals surface area (Å²) < 4.78 is 0. The SMILES string of the molecule is CC(C)C[C@H](NC(=O)[C@H](C)NC(=O)[C@H](CCCN=C(N)N)NC(=O)[C@H](CC(C)C)NC(=O)[C@@H](N)CCC(N)=O)C(=O)N[C@@H](CC(=O)O)C(=O)NCC(=O)NCC(=O)N[C@@H](CC(N)=O)C(=O)N[C@@H](CCCCN)C(=O)O. The van der Waals surface area contributed by atoms with Crippen LogP contribution in [-0.2, 0) is 62.3 Å². The van der Waals surface area contributed by atoms with Crippen molar-refractivity contribution in [3.63, 3.8) is 0 Å². The van der Waals surface area contributed by atoms with Gasteiger partial charge in [0, 0.05) is 13.0 Å². The van der Waals surface area contributed by atoms with Crippen LogP contribution in [0.1, 0.15) is 105 Å². The van der Waals surface area contributed by atoms with Gasteiger partial charge >= 0.3 is 11.9 Å². The van der Waals surface area contributed by atoms with Crippen LogP contribution in [0.4, 0.5) is 0 Å². The van der Waals surface area contributed by atoms with Gasteiger partial charge in [0.05, 0.1) is 32.0 Å². The van der Waals surface area contributed by atoms with Crippen LogP contribution in [0.5, 0.6) is 0 Å². The molecule has 0 aliphatic rings. The number of carbonyl (C=O) groups is 13. The molecule has 0 saturated carbocycles. The minimum atomic E-state index is -1.83. The van der Waals surface area contributed by atoms with E-state index in [1.54, 1.807) is 27.7 Å². The van der Waals surface area contributed by atoms with Gasteiger partial charge in [-0.15, -0.1) is 0 Å². The molecule has 0 aliphatic heterocycles. The summed E-state index contributed by atoms with van der Waals surface area (Å²) in [6, 6.07) is -11.4. The molecule has 0 radical (unpaired) electrons. The topological polar surface area (TPSA) is 539 Å². The molecule has 0 aromatic heterocycles. The van der Waals surface area contributed by atoms with Gasteiger partial charge in [-0.25, -0.2) is 4.79 Å². The average Bonchev–Trinajstić information content (AvgIpc) is 3.30. The number of primary amides is 2. The maximum Gasteiger partial charge on any atom is 0.326 e. The van der Waals surface area contributed by atoms with Crippen LogP contribution >= 0.6 is 0 Å². The number of nitrogens with two attached hydrogens (primary N) is 6. The molecule has 0 aromatic carbocycles.